The fourth-order valence-corrected chi connectivity index (χ4v) is 5.32. The van der Waals surface area contributed by atoms with E-state index in [1.165, 1.54) is 5.56 Å². The van der Waals surface area contributed by atoms with E-state index in [0.29, 0.717) is 12.0 Å². The summed E-state index contributed by atoms with van der Waals surface area (Å²) in [6, 6.07) is 16.8. The standard InChI is InChI=1S/C26H30N2O3/c1-5-18-11-13-20(14-12-18)27-23(30)26-16-15-25(4,24(26,2)3)21(17-26)28-31-22(29)19-9-7-6-8-10-19/h6-14H,5,15-17H2,1-4H3,(H,27,30). The number of carbonyl (C=O) groups excluding carboxylic acids is 2. The zero-order chi connectivity index (χ0) is 22.3. The molecule has 0 heterocycles. The molecule has 0 radical (unpaired) electrons. The number of benzene rings is 2. The quantitative estimate of drug-likeness (QED) is 0.506. The Morgan fingerprint density at radius 1 is 1.00 bits per heavy atom. The zero-order valence-corrected chi connectivity index (χ0v) is 18.7. The van der Waals surface area contributed by atoms with Gasteiger partial charge in [-0.1, -0.05) is 63.2 Å². The van der Waals surface area contributed by atoms with Gasteiger partial charge in [-0.25, -0.2) is 4.79 Å². The first-order valence-corrected chi connectivity index (χ1v) is 11.0. The van der Waals surface area contributed by atoms with Crippen LogP contribution in [-0.4, -0.2) is 17.6 Å². The van der Waals surface area contributed by atoms with Crippen molar-refractivity contribution in [2.45, 2.75) is 53.4 Å². The van der Waals surface area contributed by atoms with Gasteiger partial charge in [0.05, 0.1) is 16.7 Å². The van der Waals surface area contributed by atoms with Crippen LogP contribution in [0.3, 0.4) is 0 Å². The monoisotopic (exact) mass is 418 g/mol. The molecule has 2 fully saturated rings. The second-order valence-electron chi connectivity index (χ2n) is 9.50. The first-order valence-electron chi connectivity index (χ1n) is 11.0. The van der Waals surface area contributed by atoms with Crippen molar-refractivity contribution in [2.24, 2.45) is 21.4 Å². The summed E-state index contributed by atoms with van der Waals surface area (Å²) in [5, 5.41) is 7.43. The number of amides is 1. The number of oxime groups is 1. The molecule has 5 heteroatoms. The van der Waals surface area contributed by atoms with Crippen LogP contribution >= 0.6 is 0 Å². The molecule has 2 bridgehead atoms. The number of aryl methyl sites for hydroxylation is 1. The number of nitrogens with one attached hydrogen (secondary N) is 1. The minimum Gasteiger partial charge on any atom is -0.326 e. The molecule has 2 aromatic rings. The fourth-order valence-electron chi connectivity index (χ4n) is 5.32. The van der Waals surface area contributed by atoms with Crippen molar-refractivity contribution in [2.75, 3.05) is 5.32 Å². The highest BCUT2D eigenvalue weighted by molar-refractivity contribution is 6.06. The van der Waals surface area contributed by atoms with E-state index in [1.54, 1.807) is 24.3 Å². The van der Waals surface area contributed by atoms with Gasteiger partial charge in [0.2, 0.25) is 5.91 Å². The molecule has 2 aliphatic rings. The Labute approximate surface area is 183 Å². The minimum atomic E-state index is -0.580. The molecule has 0 aliphatic heterocycles. The Bertz CT molecular complexity index is 1030. The topological polar surface area (TPSA) is 67.8 Å². The summed E-state index contributed by atoms with van der Waals surface area (Å²) in [4.78, 5) is 31.2. The van der Waals surface area contributed by atoms with Gasteiger partial charge in [-0.2, -0.15) is 0 Å². The number of hydrogen-bond donors (Lipinski definition) is 1. The van der Waals surface area contributed by atoms with Crippen molar-refractivity contribution in [3.8, 4) is 0 Å². The highest BCUT2D eigenvalue weighted by atomic mass is 16.7. The van der Waals surface area contributed by atoms with Crippen molar-refractivity contribution < 1.29 is 14.4 Å². The number of anilines is 1. The maximum absolute atomic E-state index is 13.5. The third-order valence-electron chi connectivity index (χ3n) is 8.04. The van der Waals surface area contributed by atoms with E-state index >= 15 is 0 Å². The van der Waals surface area contributed by atoms with Crippen molar-refractivity contribution in [1.82, 2.24) is 0 Å². The molecule has 5 nitrogen and oxygen atoms in total. The summed E-state index contributed by atoms with van der Waals surface area (Å²) in [6.45, 7) is 8.53. The van der Waals surface area contributed by atoms with Gasteiger partial charge >= 0.3 is 5.97 Å². The molecular weight excluding hydrogens is 388 g/mol. The van der Waals surface area contributed by atoms with Gasteiger partial charge in [0.1, 0.15) is 0 Å². The van der Waals surface area contributed by atoms with Gasteiger partial charge in [0.15, 0.2) is 0 Å². The first kappa shape index (κ1) is 21.3. The molecule has 4 rings (SSSR count). The lowest BCUT2D eigenvalue weighted by Crippen LogP contribution is -2.43. The largest absolute Gasteiger partial charge is 0.365 e. The second-order valence-corrected chi connectivity index (χ2v) is 9.50. The molecule has 0 spiro atoms. The molecule has 2 aromatic carbocycles. The second kappa shape index (κ2) is 7.63. The van der Waals surface area contributed by atoms with Gasteiger partial charge in [-0.05, 0) is 54.5 Å². The van der Waals surface area contributed by atoms with Crippen LogP contribution in [0.15, 0.2) is 59.8 Å². The SMILES string of the molecule is CCc1ccc(NC(=O)C23CCC(C)(C(=NOC(=O)c4ccccc4)C2)C3(C)C)cc1. The Kier molecular flexibility index (Phi) is 5.24. The number of carbonyl (C=O) groups is 2. The van der Waals surface area contributed by atoms with Crippen molar-refractivity contribution in [3.05, 3.63) is 65.7 Å². The maximum Gasteiger partial charge on any atom is 0.365 e. The molecule has 162 valence electrons. The van der Waals surface area contributed by atoms with Gasteiger partial charge in [-0.3, -0.25) is 4.79 Å². The minimum absolute atomic E-state index is 0.0186. The van der Waals surface area contributed by atoms with Crippen LogP contribution < -0.4 is 5.32 Å². The van der Waals surface area contributed by atoms with Crippen LogP contribution in [0.1, 0.15) is 62.9 Å². The maximum atomic E-state index is 13.5. The van der Waals surface area contributed by atoms with Crippen LogP contribution in [0.25, 0.3) is 0 Å². The molecule has 31 heavy (non-hydrogen) atoms. The molecule has 2 saturated carbocycles. The van der Waals surface area contributed by atoms with Crippen LogP contribution in [0.5, 0.6) is 0 Å². The van der Waals surface area contributed by atoms with Gasteiger partial charge < -0.3 is 10.2 Å². The molecular formula is C26H30N2O3. The molecule has 1 N–H and O–H groups in total. The summed E-state index contributed by atoms with van der Waals surface area (Å²) in [5.74, 6) is -0.461. The number of fused-ring (bicyclic) bond motifs is 2. The van der Waals surface area contributed by atoms with E-state index < -0.39 is 11.4 Å². The predicted octanol–water partition coefficient (Wildman–Crippen LogP) is 5.62. The Morgan fingerprint density at radius 2 is 1.68 bits per heavy atom. The number of hydrogen-bond acceptors (Lipinski definition) is 4. The van der Waals surface area contributed by atoms with Crippen molar-refractivity contribution in [3.63, 3.8) is 0 Å². The van der Waals surface area contributed by atoms with Crippen LogP contribution in [0, 0.1) is 16.2 Å². The lowest BCUT2D eigenvalue weighted by atomic mass is 9.64. The smallest absolute Gasteiger partial charge is 0.326 e. The third kappa shape index (κ3) is 3.27. The lowest BCUT2D eigenvalue weighted by Gasteiger charge is -2.39. The van der Waals surface area contributed by atoms with E-state index in [4.69, 9.17) is 4.84 Å². The normalized spacial score (nSPS) is 27.3. The third-order valence-corrected chi connectivity index (χ3v) is 8.04. The van der Waals surface area contributed by atoms with E-state index in [1.807, 2.05) is 30.3 Å². The summed E-state index contributed by atoms with van der Waals surface area (Å²) >= 11 is 0. The molecule has 2 unspecified atom stereocenters. The highest BCUT2D eigenvalue weighted by Gasteiger charge is 2.71. The lowest BCUT2D eigenvalue weighted by molar-refractivity contribution is -0.130. The average Bonchev–Trinajstić information content (AvgIpc) is 3.09. The first-order chi connectivity index (χ1) is 14.7. The van der Waals surface area contributed by atoms with Gasteiger partial charge in [0, 0.05) is 17.5 Å². The van der Waals surface area contributed by atoms with Crippen LogP contribution in [-0.2, 0) is 16.1 Å². The summed E-state index contributed by atoms with van der Waals surface area (Å²) in [5.41, 5.74) is 2.11. The number of rotatable bonds is 5. The van der Waals surface area contributed by atoms with Crippen molar-refractivity contribution in [1.29, 1.82) is 0 Å². The van der Waals surface area contributed by atoms with Gasteiger partial charge in [0.25, 0.3) is 0 Å². The van der Waals surface area contributed by atoms with E-state index in [9.17, 15) is 9.59 Å². The summed E-state index contributed by atoms with van der Waals surface area (Å²) in [6.07, 6.45) is 3.09. The average molecular weight is 419 g/mol. The summed E-state index contributed by atoms with van der Waals surface area (Å²) in [7, 11) is 0. The van der Waals surface area contributed by atoms with Crippen LogP contribution in [0.2, 0.25) is 0 Å². The Hall–Kier alpha value is -2.95. The predicted molar refractivity (Wildman–Crippen MR) is 122 cm³/mol. The van der Waals surface area contributed by atoms with E-state index in [-0.39, 0.29) is 16.7 Å². The highest BCUT2D eigenvalue weighted by Crippen LogP contribution is 2.71. The molecule has 0 aromatic heterocycles. The molecule has 2 aliphatic carbocycles. The Balaban J connectivity index is 1.57. The molecule has 2 atom stereocenters. The van der Waals surface area contributed by atoms with E-state index in [0.717, 1.165) is 30.7 Å². The zero-order valence-electron chi connectivity index (χ0n) is 18.7. The van der Waals surface area contributed by atoms with Crippen molar-refractivity contribution >= 4 is 23.3 Å². The molecule has 0 saturated heterocycles. The summed E-state index contributed by atoms with van der Waals surface area (Å²) < 4.78 is 0. The number of nitrogens with zero attached hydrogens (tertiary/aromatic N) is 1. The van der Waals surface area contributed by atoms with Crippen LogP contribution in [0.4, 0.5) is 5.69 Å². The van der Waals surface area contributed by atoms with E-state index in [2.05, 4.69) is 38.2 Å². The van der Waals surface area contributed by atoms with Gasteiger partial charge in [-0.15, -0.1) is 0 Å². The molecule has 1 amide bonds. The fraction of sp³-hybridized carbons (Fsp3) is 0.423. The Morgan fingerprint density at radius 3 is 2.32 bits per heavy atom.